The van der Waals surface area contributed by atoms with E-state index in [9.17, 15) is 8.78 Å². The zero-order valence-corrected chi connectivity index (χ0v) is 4.38. The maximum Gasteiger partial charge on any atom is 0.113 e. The summed E-state index contributed by atoms with van der Waals surface area (Å²) in [6.07, 6.45) is 0.799. The lowest BCUT2D eigenvalue weighted by Crippen LogP contribution is -1.73. The lowest BCUT2D eigenvalue weighted by molar-refractivity contribution is 0.543. The van der Waals surface area contributed by atoms with Crippen LogP contribution in [-0.2, 0) is 0 Å². The Hall–Kier alpha value is -0.110. The van der Waals surface area contributed by atoms with Gasteiger partial charge in [0.15, 0.2) is 0 Å². The van der Waals surface area contributed by atoms with Gasteiger partial charge in [-0.05, 0) is 6.08 Å². The highest BCUT2D eigenvalue weighted by Gasteiger charge is 1.85. The van der Waals surface area contributed by atoms with E-state index < -0.39 is 12.5 Å². The highest BCUT2D eigenvalue weighted by atomic mass is 35.5. The second-order valence-corrected chi connectivity index (χ2v) is 1.21. The fourth-order valence-electron chi connectivity index (χ4n) is 0.138. The molecule has 0 atom stereocenters. The van der Waals surface area contributed by atoms with E-state index in [0.29, 0.717) is 0 Å². The molecule has 0 aromatic heterocycles. The molecule has 42 valence electrons. The first-order valence-corrected chi connectivity index (χ1v) is 2.31. The summed E-state index contributed by atoms with van der Waals surface area (Å²) in [6.45, 7) is -0.779. The molecule has 0 spiro atoms. The van der Waals surface area contributed by atoms with Gasteiger partial charge in [-0.3, -0.25) is 0 Å². The second-order valence-electron chi connectivity index (χ2n) is 0.939. The fourth-order valence-corrected chi connectivity index (χ4v) is 0.247. The SMILES string of the molecule is FCC=C(F)CCl. The van der Waals surface area contributed by atoms with Crippen molar-refractivity contribution in [3.63, 3.8) is 0 Å². The molecule has 0 N–H and O–H groups in total. The van der Waals surface area contributed by atoms with Crippen molar-refractivity contribution in [1.29, 1.82) is 0 Å². The topological polar surface area (TPSA) is 0 Å². The molecule has 0 aromatic rings. The van der Waals surface area contributed by atoms with Gasteiger partial charge in [-0.15, -0.1) is 11.6 Å². The molecule has 0 amide bonds. The molecule has 0 bridgehead atoms. The molecule has 7 heavy (non-hydrogen) atoms. The first-order chi connectivity index (χ1) is 3.31. The van der Waals surface area contributed by atoms with Crippen LogP contribution < -0.4 is 0 Å². The first kappa shape index (κ1) is 6.89. The van der Waals surface area contributed by atoms with Crippen LogP contribution in [0, 0.1) is 0 Å². The monoisotopic (exact) mass is 126 g/mol. The van der Waals surface area contributed by atoms with E-state index in [1.807, 2.05) is 0 Å². The van der Waals surface area contributed by atoms with Crippen molar-refractivity contribution in [1.82, 2.24) is 0 Å². The van der Waals surface area contributed by atoms with Gasteiger partial charge >= 0.3 is 0 Å². The summed E-state index contributed by atoms with van der Waals surface area (Å²) < 4.78 is 22.7. The molecular formula is C4H5ClF2. The highest BCUT2D eigenvalue weighted by Crippen LogP contribution is 1.97. The van der Waals surface area contributed by atoms with Gasteiger partial charge in [-0.2, -0.15) is 0 Å². The summed E-state index contributed by atoms with van der Waals surface area (Å²) in [5.41, 5.74) is 0. The number of alkyl halides is 2. The fraction of sp³-hybridized carbons (Fsp3) is 0.500. The molecular weight excluding hydrogens is 121 g/mol. The van der Waals surface area contributed by atoms with E-state index in [4.69, 9.17) is 11.6 Å². The third-order valence-electron chi connectivity index (χ3n) is 0.426. The molecule has 3 heteroatoms. The largest absolute Gasteiger partial charge is 0.246 e. The predicted molar refractivity (Wildman–Crippen MR) is 25.9 cm³/mol. The molecule has 0 fully saturated rings. The molecule has 0 saturated carbocycles. The quantitative estimate of drug-likeness (QED) is 0.497. The van der Waals surface area contributed by atoms with Crippen molar-refractivity contribution in [2.75, 3.05) is 12.6 Å². The van der Waals surface area contributed by atoms with E-state index in [2.05, 4.69) is 0 Å². The Kier molecular flexibility index (Phi) is 4.00. The maximum absolute atomic E-state index is 11.6. The number of halogens is 3. The maximum atomic E-state index is 11.6. The number of rotatable bonds is 2. The van der Waals surface area contributed by atoms with Gasteiger partial charge in [0.2, 0.25) is 0 Å². The van der Waals surface area contributed by atoms with Gasteiger partial charge in [0.1, 0.15) is 12.5 Å². The molecule has 0 aromatic carbocycles. The zero-order valence-electron chi connectivity index (χ0n) is 3.63. The Labute approximate surface area is 45.8 Å². The van der Waals surface area contributed by atoms with Gasteiger partial charge in [-0.1, -0.05) is 0 Å². The minimum atomic E-state index is -0.779. The lowest BCUT2D eigenvalue weighted by atomic mass is 10.5. The number of hydrogen-bond donors (Lipinski definition) is 0. The van der Waals surface area contributed by atoms with Crippen LogP contribution in [0.3, 0.4) is 0 Å². The molecule has 0 aliphatic heterocycles. The summed E-state index contributed by atoms with van der Waals surface area (Å²) in [5.74, 6) is -0.839. The van der Waals surface area contributed by atoms with Gasteiger partial charge < -0.3 is 0 Å². The molecule has 0 unspecified atom stereocenters. The molecule has 0 aliphatic carbocycles. The summed E-state index contributed by atoms with van der Waals surface area (Å²) in [4.78, 5) is 0. The van der Waals surface area contributed by atoms with E-state index in [0.717, 1.165) is 6.08 Å². The minimum Gasteiger partial charge on any atom is -0.246 e. The highest BCUT2D eigenvalue weighted by molar-refractivity contribution is 6.19. The molecule has 0 nitrogen and oxygen atoms in total. The summed E-state index contributed by atoms with van der Waals surface area (Å²) in [5, 5.41) is 0. The Balaban J connectivity index is 3.29. The van der Waals surface area contributed by atoms with Crippen LogP contribution in [-0.4, -0.2) is 12.6 Å². The van der Waals surface area contributed by atoms with Crippen LogP contribution in [0.1, 0.15) is 0 Å². The van der Waals surface area contributed by atoms with E-state index in [1.165, 1.54) is 0 Å². The molecule has 0 radical (unpaired) electrons. The first-order valence-electron chi connectivity index (χ1n) is 1.77. The average Bonchev–Trinajstić information content (AvgIpc) is 1.68. The third-order valence-corrected chi connectivity index (χ3v) is 0.682. The van der Waals surface area contributed by atoms with Crippen molar-refractivity contribution in [3.05, 3.63) is 11.9 Å². The van der Waals surface area contributed by atoms with Crippen LogP contribution >= 0.6 is 11.6 Å². The van der Waals surface area contributed by atoms with Crippen molar-refractivity contribution in [3.8, 4) is 0 Å². The van der Waals surface area contributed by atoms with Crippen LogP contribution in [0.25, 0.3) is 0 Å². The molecule has 0 heterocycles. The zero-order chi connectivity index (χ0) is 5.70. The van der Waals surface area contributed by atoms with E-state index >= 15 is 0 Å². The third kappa shape index (κ3) is 3.73. The van der Waals surface area contributed by atoms with Crippen molar-refractivity contribution < 1.29 is 8.78 Å². The summed E-state index contributed by atoms with van der Waals surface area (Å²) in [6, 6.07) is 0. The van der Waals surface area contributed by atoms with E-state index in [1.54, 1.807) is 0 Å². The van der Waals surface area contributed by atoms with Gasteiger partial charge in [-0.25, -0.2) is 8.78 Å². The van der Waals surface area contributed by atoms with Crippen LogP contribution in [0.4, 0.5) is 8.78 Å². The minimum absolute atomic E-state index is 0.232. The van der Waals surface area contributed by atoms with Gasteiger partial charge in [0.05, 0.1) is 5.88 Å². The smallest absolute Gasteiger partial charge is 0.113 e. The normalized spacial score (nSPS) is 12.1. The predicted octanol–water partition coefficient (Wildman–Crippen LogP) is 2.05. The van der Waals surface area contributed by atoms with Crippen LogP contribution in [0.2, 0.25) is 0 Å². The van der Waals surface area contributed by atoms with Gasteiger partial charge in [0, 0.05) is 0 Å². The van der Waals surface area contributed by atoms with E-state index in [-0.39, 0.29) is 5.88 Å². The van der Waals surface area contributed by atoms with Crippen molar-refractivity contribution >= 4 is 11.6 Å². The molecule has 0 aliphatic rings. The number of allylic oxidation sites excluding steroid dienone is 2. The average molecular weight is 127 g/mol. The number of hydrogen-bond acceptors (Lipinski definition) is 0. The summed E-state index contributed by atoms with van der Waals surface area (Å²) >= 11 is 4.92. The molecule has 0 rings (SSSR count). The van der Waals surface area contributed by atoms with Crippen molar-refractivity contribution in [2.45, 2.75) is 0 Å². The Morgan fingerprint density at radius 3 is 2.43 bits per heavy atom. The van der Waals surface area contributed by atoms with Crippen LogP contribution in [0.5, 0.6) is 0 Å². The van der Waals surface area contributed by atoms with Gasteiger partial charge in [0.25, 0.3) is 0 Å². The van der Waals surface area contributed by atoms with Crippen LogP contribution in [0.15, 0.2) is 11.9 Å². The van der Waals surface area contributed by atoms with Crippen molar-refractivity contribution in [2.24, 2.45) is 0 Å². The molecule has 0 saturated heterocycles. The second kappa shape index (κ2) is 4.06. The summed E-state index contributed by atoms with van der Waals surface area (Å²) in [7, 11) is 0. The Morgan fingerprint density at radius 1 is 1.71 bits per heavy atom. The standard InChI is InChI=1S/C4H5ClF2/c5-3-4(7)1-2-6/h1H,2-3H2. The lowest BCUT2D eigenvalue weighted by Gasteiger charge is -1.80. The Bertz CT molecular complexity index is 70.1. The Morgan fingerprint density at radius 2 is 2.29 bits per heavy atom.